The molecule has 1 aromatic carbocycles. The van der Waals surface area contributed by atoms with Crippen molar-refractivity contribution in [2.45, 2.75) is 6.42 Å². The first kappa shape index (κ1) is 13.8. The van der Waals surface area contributed by atoms with Crippen molar-refractivity contribution < 1.29 is 9.53 Å². The Kier molecular flexibility index (Phi) is 4.59. The van der Waals surface area contributed by atoms with Gasteiger partial charge in [-0.05, 0) is 62.2 Å². The summed E-state index contributed by atoms with van der Waals surface area (Å²) in [4.78, 5) is 13.2. The molecule has 0 bridgehead atoms. The van der Waals surface area contributed by atoms with Crippen LogP contribution in [0, 0.1) is 0 Å². The number of ether oxygens (including phenoxy) is 1. The highest BCUT2D eigenvalue weighted by molar-refractivity contribution is 9.11. The summed E-state index contributed by atoms with van der Waals surface area (Å²) < 4.78 is 6.98. The predicted molar refractivity (Wildman–Crippen MR) is 80.7 cm³/mol. The molecule has 18 heavy (non-hydrogen) atoms. The lowest BCUT2D eigenvalue weighted by Crippen LogP contribution is -2.02. The third kappa shape index (κ3) is 3.22. The summed E-state index contributed by atoms with van der Waals surface area (Å²) in [5.41, 5.74) is 0.687. The smallest absolute Gasteiger partial charge is 0.168 e. The molecule has 1 aromatic heterocycles. The Morgan fingerprint density at radius 2 is 2.06 bits per heavy atom. The maximum atomic E-state index is 12.1. The fourth-order valence-corrected chi connectivity index (χ4v) is 3.57. The number of hydrogen-bond donors (Lipinski definition) is 0. The van der Waals surface area contributed by atoms with Gasteiger partial charge in [-0.25, -0.2) is 0 Å². The molecule has 0 atom stereocenters. The number of ketones is 1. The second kappa shape index (κ2) is 5.99. The average molecular weight is 390 g/mol. The first-order chi connectivity index (χ1) is 8.60. The largest absolute Gasteiger partial charge is 0.496 e. The lowest BCUT2D eigenvalue weighted by molar-refractivity contribution is 0.0993. The first-order valence-corrected chi connectivity index (χ1v) is 7.61. The van der Waals surface area contributed by atoms with E-state index in [1.807, 2.05) is 12.1 Å². The average Bonchev–Trinajstić information content (AvgIpc) is 2.74. The van der Waals surface area contributed by atoms with Crippen molar-refractivity contribution in [1.82, 2.24) is 0 Å². The van der Waals surface area contributed by atoms with E-state index < -0.39 is 0 Å². The fourth-order valence-electron chi connectivity index (χ4n) is 1.55. The molecule has 2 aromatic rings. The van der Waals surface area contributed by atoms with Crippen molar-refractivity contribution in [3.8, 4) is 5.75 Å². The molecule has 0 aliphatic carbocycles. The van der Waals surface area contributed by atoms with Gasteiger partial charge in [0, 0.05) is 16.9 Å². The minimum atomic E-state index is 0.104. The van der Waals surface area contributed by atoms with Crippen molar-refractivity contribution in [3.05, 3.63) is 49.0 Å². The van der Waals surface area contributed by atoms with Gasteiger partial charge in [-0.1, -0.05) is 0 Å². The van der Waals surface area contributed by atoms with Crippen LogP contribution in [0.15, 0.2) is 38.6 Å². The molecular formula is C13H10Br2O2S. The van der Waals surface area contributed by atoms with Crippen LogP contribution in [0.2, 0.25) is 0 Å². The van der Waals surface area contributed by atoms with Gasteiger partial charge in [0.1, 0.15) is 5.75 Å². The SMILES string of the molecule is COc1ccc(C(=O)Cc2ccc(Br)s2)cc1Br. The molecule has 94 valence electrons. The zero-order valence-electron chi connectivity index (χ0n) is 9.57. The van der Waals surface area contributed by atoms with Crippen molar-refractivity contribution in [2.24, 2.45) is 0 Å². The Morgan fingerprint density at radius 1 is 1.28 bits per heavy atom. The highest BCUT2D eigenvalue weighted by Gasteiger charge is 2.11. The lowest BCUT2D eigenvalue weighted by atomic mass is 10.1. The number of benzene rings is 1. The second-order valence-corrected chi connectivity index (χ2v) is 7.06. The van der Waals surface area contributed by atoms with E-state index in [0.29, 0.717) is 12.0 Å². The van der Waals surface area contributed by atoms with Gasteiger partial charge in [-0.3, -0.25) is 4.79 Å². The van der Waals surface area contributed by atoms with Crippen LogP contribution in [0.1, 0.15) is 15.2 Å². The molecule has 0 N–H and O–H groups in total. The standard InChI is InChI=1S/C13H10Br2O2S/c1-17-12-4-2-8(6-10(12)14)11(16)7-9-3-5-13(15)18-9/h2-6H,7H2,1H3. The summed E-state index contributed by atoms with van der Waals surface area (Å²) >= 11 is 8.36. The van der Waals surface area contributed by atoms with E-state index >= 15 is 0 Å². The molecule has 0 unspecified atom stereocenters. The van der Waals surface area contributed by atoms with Crippen LogP contribution in [0.3, 0.4) is 0 Å². The molecule has 2 nitrogen and oxygen atoms in total. The predicted octanol–water partition coefficient (Wildman–Crippen LogP) is 4.71. The maximum absolute atomic E-state index is 12.1. The summed E-state index contributed by atoms with van der Waals surface area (Å²) in [5, 5.41) is 0. The van der Waals surface area contributed by atoms with Gasteiger partial charge in [-0.15, -0.1) is 11.3 Å². The van der Waals surface area contributed by atoms with Crippen molar-refractivity contribution in [2.75, 3.05) is 7.11 Å². The van der Waals surface area contributed by atoms with E-state index in [1.165, 1.54) is 0 Å². The molecule has 0 aliphatic heterocycles. The number of carbonyl (C=O) groups is 1. The molecule has 0 spiro atoms. The Bertz CT molecular complexity index is 578. The lowest BCUT2D eigenvalue weighted by Gasteiger charge is -2.05. The van der Waals surface area contributed by atoms with Gasteiger partial charge in [0.15, 0.2) is 5.78 Å². The summed E-state index contributed by atoms with van der Waals surface area (Å²) in [6, 6.07) is 9.29. The van der Waals surface area contributed by atoms with Crippen LogP contribution >= 0.6 is 43.2 Å². The van der Waals surface area contributed by atoms with Crippen molar-refractivity contribution in [3.63, 3.8) is 0 Å². The maximum Gasteiger partial charge on any atom is 0.168 e. The van der Waals surface area contributed by atoms with E-state index in [4.69, 9.17) is 4.74 Å². The Balaban J connectivity index is 2.16. The second-order valence-electron chi connectivity index (χ2n) is 3.66. The highest BCUT2D eigenvalue weighted by Crippen LogP contribution is 2.27. The normalized spacial score (nSPS) is 10.4. The van der Waals surface area contributed by atoms with Crippen LogP contribution in [-0.4, -0.2) is 12.9 Å². The van der Waals surface area contributed by atoms with E-state index in [2.05, 4.69) is 31.9 Å². The molecule has 2 rings (SSSR count). The van der Waals surface area contributed by atoms with E-state index in [-0.39, 0.29) is 5.78 Å². The molecule has 0 radical (unpaired) electrons. The fraction of sp³-hybridized carbons (Fsp3) is 0.154. The molecule has 0 amide bonds. The van der Waals surface area contributed by atoms with Gasteiger partial charge in [-0.2, -0.15) is 0 Å². The molecule has 0 saturated carbocycles. The zero-order chi connectivity index (χ0) is 13.1. The van der Waals surface area contributed by atoms with Crippen LogP contribution in [-0.2, 0) is 6.42 Å². The number of methoxy groups -OCH3 is 1. The van der Waals surface area contributed by atoms with Crippen molar-refractivity contribution in [1.29, 1.82) is 0 Å². The summed E-state index contributed by atoms with van der Waals surface area (Å²) in [7, 11) is 1.60. The van der Waals surface area contributed by atoms with E-state index in [9.17, 15) is 4.79 Å². The molecule has 0 fully saturated rings. The first-order valence-electron chi connectivity index (χ1n) is 5.21. The Morgan fingerprint density at radius 3 is 2.61 bits per heavy atom. The number of rotatable bonds is 4. The molecule has 5 heteroatoms. The number of halogens is 2. The van der Waals surface area contributed by atoms with E-state index in [0.717, 1.165) is 18.9 Å². The number of thiophene rings is 1. The molecule has 0 aliphatic rings. The Labute approximate surface area is 126 Å². The van der Waals surface area contributed by atoms with E-state index in [1.54, 1.807) is 36.6 Å². The number of hydrogen-bond acceptors (Lipinski definition) is 3. The van der Waals surface area contributed by atoms with Crippen LogP contribution in [0.25, 0.3) is 0 Å². The van der Waals surface area contributed by atoms with Crippen LogP contribution in [0.5, 0.6) is 5.75 Å². The molecular weight excluding hydrogens is 380 g/mol. The minimum Gasteiger partial charge on any atom is -0.496 e. The van der Waals surface area contributed by atoms with Crippen molar-refractivity contribution >= 4 is 49.0 Å². The van der Waals surface area contributed by atoms with Gasteiger partial charge < -0.3 is 4.74 Å². The topological polar surface area (TPSA) is 26.3 Å². The van der Waals surface area contributed by atoms with Crippen LogP contribution in [0.4, 0.5) is 0 Å². The number of Topliss-reactive ketones (excluding diaryl/α,β-unsaturated/α-hetero) is 1. The zero-order valence-corrected chi connectivity index (χ0v) is 13.6. The van der Waals surface area contributed by atoms with Gasteiger partial charge in [0.25, 0.3) is 0 Å². The monoisotopic (exact) mass is 388 g/mol. The summed E-state index contributed by atoms with van der Waals surface area (Å²) in [6.45, 7) is 0. The minimum absolute atomic E-state index is 0.104. The molecule has 0 saturated heterocycles. The number of carbonyl (C=O) groups excluding carboxylic acids is 1. The Hall–Kier alpha value is -0.650. The van der Waals surface area contributed by atoms with Crippen LogP contribution < -0.4 is 4.74 Å². The van der Waals surface area contributed by atoms with Gasteiger partial charge in [0.2, 0.25) is 0 Å². The summed E-state index contributed by atoms with van der Waals surface area (Å²) in [5.74, 6) is 0.832. The third-order valence-electron chi connectivity index (χ3n) is 2.44. The quantitative estimate of drug-likeness (QED) is 0.708. The highest BCUT2D eigenvalue weighted by atomic mass is 79.9. The molecule has 1 heterocycles. The van der Waals surface area contributed by atoms with Gasteiger partial charge in [0.05, 0.1) is 15.4 Å². The third-order valence-corrected chi connectivity index (χ3v) is 4.68. The van der Waals surface area contributed by atoms with Gasteiger partial charge >= 0.3 is 0 Å². The summed E-state index contributed by atoms with van der Waals surface area (Å²) in [6.07, 6.45) is 0.426.